The van der Waals surface area contributed by atoms with Crippen molar-refractivity contribution in [2.45, 2.75) is 6.42 Å². The van der Waals surface area contributed by atoms with Crippen LogP contribution in [-0.2, 0) is 7.05 Å². The number of hydrogen-bond donors (Lipinski definition) is 0. The van der Waals surface area contributed by atoms with Gasteiger partial charge < -0.3 is 4.57 Å². The van der Waals surface area contributed by atoms with Gasteiger partial charge in [-0.25, -0.2) is 9.97 Å². The molecule has 0 unspecified atom stereocenters. The fraction of sp³-hybridized carbons (Fsp3) is 0.143. The van der Waals surface area contributed by atoms with Crippen LogP contribution in [0.3, 0.4) is 0 Å². The second kappa shape index (κ2) is 4.97. The highest BCUT2D eigenvalue weighted by Gasteiger charge is 2.18. The maximum absolute atomic E-state index is 12.1. The van der Waals surface area contributed by atoms with Crippen LogP contribution >= 0.6 is 11.3 Å². The third-order valence-electron chi connectivity index (χ3n) is 2.84. The van der Waals surface area contributed by atoms with Crippen LogP contribution in [-0.4, -0.2) is 26.1 Å². The van der Waals surface area contributed by atoms with Crippen molar-refractivity contribution in [3.05, 3.63) is 47.5 Å². The average Bonchev–Trinajstić information content (AvgIpc) is 3.04. The van der Waals surface area contributed by atoms with E-state index in [0.29, 0.717) is 10.7 Å². The molecule has 100 valence electrons. The Hall–Kier alpha value is -2.34. The van der Waals surface area contributed by atoms with Gasteiger partial charge in [-0.3, -0.25) is 9.59 Å². The number of ketones is 2. The van der Waals surface area contributed by atoms with E-state index in [1.807, 2.05) is 24.3 Å². The number of imidazole rings is 1. The topological polar surface area (TPSA) is 64.8 Å². The molecule has 6 heteroatoms. The summed E-state index contributed by atoms with van der Waals surface area (Å²) in [6.07, 6.45) is 2.94. The molecule has 0 fully saturated rings. The third-order valence-corrected chi connectivity index (χ3v) is 3.92. The molecule has 0 aliphatic carbocycles. The second-order valence-corrected chi connectivity index (χ2v) is 5.46. The Bertz CT molecular complexity index is 770. The first-order chi connectivity index (χ1) is 9.63. The van der Waals surface area contributed by atoms with Gasteiger partial charge >= 0.3 is 0 Å². The Morgan fingerprint density at radius 2 is 2.05 bits per heavy atom. The fourth-order valence-electron chi connectivity index (χ4n) is 1.86. The maximum Gasteiger partial charge on any atom is 0.199 e. The first kappa shape index (κ1) is 12.7. The molecule has 0 radical (unpaired) electrons. The molecule has 0 amide bonds. The molecular weight excluding hydrogens is 274 g/mol. The molecule has 0 aliphatic heterocycles. The number of aromatic nitrogens is 3. The number of carbonyl (C=O) groups is 2. The van der Waals surface area contributed by atoms with Crippen molar-refractivity contribution in [2.75, 3.05) is 0 Å². The van der Waals surface area contributed by atoms with E-state index in [1.165, 1.54) is 17.7 Å². The van der Waals surface area contributed by atoms with Crippen molar-refractivity contribution in [3.63, 3.8) is 0 Å². The molecule has 0 saturated heterocycles. The lowest BCUT2D eigenvalue weighted by Crippen LogP contribution is -2.08. The number of hydrogen-bond acceptors (Lipinski definition) is 5. The molecule has 2 heterocycles. The molecule has 0 N–H and O–H groups in total. The van der Waals surface area contributed by atoms with E-state index in [2.05, 4.69) is 9.97 Å². The Morgan fingerprint density at radius 3 is 2.75 bits per heavy atom. The van der Waals surface area contributed by atoms with E-state index in [-0.39, 0.29) is 18.0 Å². The number of thiazole rings is 1. The molecule has 0 aliphatic rings. The SMILES string of the molecule is Cn1cnc(C(=O)CC(=O)c2nc3ccccc3s2)c1. The summed E-state index contributed by atoms with van der Waals surface area (Å²) in [6, 6.07) is 7.52. The summed E-state index contributed by atoms with van der Waals surface area (Å²) in [5.41, 5.74) is 1.09. The van der Waals surface area contributed by atoms with Crippen LogP contribution in [0.15, 0.2) is 36.8 Å². The quantitative estimate of drug-likeness (QED) is 0.545. The summed E-state index contributed by atoms with van der Waals surface area (Å²) < 4.78 is 2.62. The molecule has 5 nitrogen and oxygen atoms in total. The lowest BCUT2D eigenvalue weighted by atomic mass is 10.1. The first-order valence-corrected chi connectivity index (χ1v) is 6.85. The smallest absolute Gasteiger partial charge is 0.199 e. The molecule has 20 heavy (non-hydrogen) atoms. The van der Waals surface area contributed by atoms with Gasteiger partial charge in [0.25, 0.3) is 0 Å². The van der Waals surface area contributed by atoms with E-state index < -0.39 is 0 Å². The van der Waals surface area contributed by atoms with Gasteiger partial charge in [0.2, 0.25) is 0 Å². The molecule has 2 aromatic heterocycles. The van der Waals surface area contributed by atoms with Gasteiger partial charge in [-0.15, -0.1) is 11.3 Å². The lowest BCUT2D eigenvalue weighted by molar-refractivity contribution is 0.0891. The summed E-state index contributed by atoms with van der Waals surface area (Å²) in [5.74, 6) is -0.545. The number of rotatable bonds is 4. The molecule has 0 spiro atoms. The standard InChI is InChI=1S/C14H11N3O2S/c1-17-7-10(15-8-17)11(18)6-12(19)14-16-9-4-2-3-5-13(9)20-14/h2-5,7-8H,6H2,1H3. The van der Waals surface area contributed by atoms with Crippen molar-refractivity contribution < 1.29 is 9.59 Å². The number of Topliss-reactive ketones (excluding diaryl/α,β-unsaturated/α-hetero) is 2. The number of aryl methyl sites for hydroxylation is 1. The van der Waals surface area contributed by atoms with Crippen LogP contribution < -0.4 is 0 Å². The van der Waals surface area contributed by atoms with Crippen LogP contribution in [0.5, 0.6) is 0 Å². The van der Waals surface area contributed by atoms with Crippen molar-refractivity contribution in [2.24, 2.45) is 7.05 Å². The minimum atomic E-state index is -0.283. The minimum Gasteiger partial charge on any atom is -0.340 e. The first-order valence-electron chi connectivity index (χ1n) is 6.03. The van der Waals surface area contributed by atoms with Gasteiger partial charge in [-0.1, -0.05) is 12.1 Å². The Morgan fingerprint density at radius 1 is 1.25 bits per heavy atom. The Balaban J connectivity index is 1.80. The number of nitrogens with zero attached hydrogens (tertiary/aromatic N) is 3. The van der Waals surface area contributed by atoms with E-state index in [0.717, 1.165) is 10.2 Å². The van der Waals surface area contributed by atoms with E-state index in [1.54, 1.807) is 17.8 Å². The van der Waals surface area contributed by atoms with Gasteiger partial charge in [0.05, 0.1) is 23.0 Å². The fourth-order valence-corrected chi connectivity index (χ4v) is 2.76. The predicted molar refractivity (Wildman–Crippen MR) is 76.1 cm³/mol. The summed E-state index contributed by atoms with van der Waals surface area (Å²) in [5, 5.41) is 0.371. The summed E-state index contributed by atoms with van der Waals surface area (Å²) in [4.78, 5) is 32.2. The zero-order valence-electron chi connectivity index (χ0n) is 10.7. The molecule has 0 saturated carbocycles. The van der Waals surface area contributed by atoms with E-state index in [9.17, 15) is 9.59 Å². The predicted octanol–water partition coefficient (Wildman–Crippen LogP) is 2.49. The highest BCUT2D eigenvalue weighted by Crippen LogP contribution is 2.22. The number of para-hydroxylation sites is 1. The van der Waals surface area contributed by atoms with E-state index in [4.69, 9.17) is 0 Å². The number of benzene rings is 1. The largest absolute Gasteiger partial charge is 0.340 e. The summed E-state index contributed by atoms with van der Waals surface area (Å²) in [7, 11) is 1.78. The van der Waals surface area contributed by atoms with Crippen LogP contribution in [0.4, 0.5) is 0 Å². The monoisotopic (exact) mass is 285 g/mol. The zero-order valence-corrected chi connectivity index (χ0v) is 11.6. The third kappa shape index (κ3) is 2.37. The van der Waals surface area contributed by atoms with Gasteiger partial charge in [-0.2, -0.15) is 0 Å². The normalized spacial score (nSPS) is 10.8. The van der Waals surface area contributed by atoms with Gasteiger partial charge in [0.15, 0.2) is 16.6 Å². The molecule has 1 aromatic carbocycles. The maximum atomic E-state index is 12.1. The van der Waals surface area contributed by atoms with Crippen LogP contribution in [0.1, 0.15) is 26.7 Å². The van der Waals surface area contributed by atoms with Crippen LogP contribution in [0.25, 0.3) is 10.2 Å². The van der Waals surface area contributed by atoms with Gasteiger partial charge in [0.1, 0.15) is 5.69 Å². The van der Waals surface area contributed by atoms with Crippen LogP contribution in [0.2, 0.25) is 0 Å². The van der Waals surface area contributed by atoms with Crippen molar-refractivity contribution in [1.29, 1.82) is 0 Å². The van der Waals surface area contributed by atoms with E-state index >= 15 is 0 Å². The zero-order chi connectivity index (χ0) is 14.1. The number of carbonyl (C=O) groups excluding carboxylic acids is 2. The van der Waals surface area contributed by atoms with Gasteiger partial charge in [-0.05, 0) is 12.1 Å². The van der Waals surface area contributed by atoms with Gasteiger partial charge in [0, 0.05) is 13.2 Å². The highest BCUT2D eigenvalue weighted by molar-refractivity contribution is 7.20. The molecule has 0 bridgehead atoms. The van der Waals surface area contributed by atoms with Crippen molar-refractivity contribution >= 4 is 33.1 Å². The highest BCUT2D eigenvalue weighted by atomic mass is 32.1. The second-order valence-electron chi connectivity index (χ2n) is 4.43. The molecule has 3 rings (SSSR count). The molecule has 3 aromatic rings. The van der Waals surface area contributed by atoms with Crippen molar-refractivity contribution in [3.8, 4) is 0 Å². The number of fused-ring (bicyclic) bond motifs is 1. The summed E-state index contributed by atoms with van der Waals surface area (Å²) >= 11 is 1.31. The molecule has 0 atom stereocenters. The minimum absolute atomic E-state index is 0.198. The average molecular weight is 285 g/mol. The molecular formula is C14H11N3O2S. The Kier molecular flexibility index (Phi) is 3.15. The van der Waals surface area contributed by atoms with Crippen LogP contribution in [0, 0.1) is 0 Å². The lowest BCUT2D eigenvalue weighted by Gasteiger charge is -1.94. The van der Waals surface area contributed by atoms with Crippen molar-refractivity contribution in [1.82, 2.24) is 14.5 Å². The summed E-state index contributed by atoms with van der Waals surface area (Å²) in [6.45, 7) is 0. The Labute approximate surface area is 118 Å².